The van der Waals surface area contributed by atoms with Gasteiger partial charge in [0.25, 0.3) is 0 Å². The zero-order valence-electron chi connectivity index (χ0n) is 8.81. The second-order valence-electron chi connectivity index (χ2n) is 3.73. The summed E-state index contributed by atoms with van der Waals surface area (Å²) in [6, 6.07) is 0. The van der Waals surface area contributed by atoms with Gasteiger partial charge in [0.2, 0.25) is 0 Å². The third-order valence-electron chi connectivity index (χ3n) is 2.64. The van der Waals surface area contributed by atoms with E-state index < -0.39 is 23.1 Å². The summed E-state index contributed by atoms with van der Waals surface area (Å²) < 4.78 is 0. The Morgan fingerprint density at radius 1 is 1.18 bits per heavy atom. The highest BCUT2D eigenvalue weighted by molar-refractivity contribution is 7.80. The van der Waals surface area contributed by atoms with Crippen LogP contribution in [0.3, 0.4) is 0 Å². The number of nitrogens with two attached hydrogens (primary N) is 1. The predicted octanol–water partition coefficient (Wildman–Crippen LogP) is 1.29. The Morgan fingerprint density at radius 3 is 2.35 bits per heavy atom. The molecule has 1 aromatic rings. The Balaban J connectivity index is 2.93. The van der Waals surface area contributed by atoms with Crippen molar-refractivity contribution in [2.24, 2.45) is 0 Å². The van der Waals surface area contributed by atoms with Gasteiger partial charge in [-0.2, -0.15) is 0 Å². The molecule has 2 rings (SSSR count). The molecule has 4 N–H and O–H groups in total. The molecule has 0 saturated carbocycles. The maximum atomic E-state index is 11.9. The number of thiol groups is 1. The summed E-state index contributed by atoms with van der Waals surface area (Å²) in [5.74, 6) is -2.31. The molecular formula is C11H9NO4S. The standard InChI is InChI=1S/C11H9NO4S/c1-3-2-4(13)5-6(8(3)14)11(17)7(12)10(16)9(5)15/h2,15-17H,12H2,1H3. The normalized spacial score (nSPS) is 14.6. The van der Waals surface area contributed by atoms with Crippen molar-refractivity contribution >= 4 is 29.9 Å². The highest BCUT2D eigenvalue weighted by Crippen LogP contribution is 2.44. The van der Waals surface area contributed by atoms with Crippen LogP contribution in [0.4, 0.5) is 5.69 Å². The van der Waals surface area contributed by atoms with E-state index in [9.17, 15) is 19.8 Å². The van der Waals surface area contributed by atoms with Crippen LogP contribution < -0.4 is 5.73 Å². The van der Waals surface area contributed by atoms with Gasteiger partial charge in [-0.05, 0) is 13.0 Å². The molecule has 0 unspecified atom stereocenters. The molecule has 1 aliphatic carbocycles. The molecule has 6 heteroatoms. The molecule has 0 fully saturated rings. The average molecular weight is 251 g/mol. The fourth-order valence-electron chi connectivity index (χ4n) is 1.72. The van der Waals surface area contributed by atoms with Gasteiger partial charge in [0.15, 0.2) is 23.1 Å². The second kappa shape index (κ2) is 3.53. The number of anilines is 1. The van der Waals surface area contributed by atoms with Crippen molar-refractivity contribution in [3.05, 3.63) is 22.8 Å². The Kier molecular flexibility index (Phi) is 2.39. The molecule has 0 atom stereocenters. The number of fused-ring (bicyclic) bond motifs is 1. The lowest BCUT2D eigenvalue weighted by Crippen LogP contribution is -2.17. The largest absolute Gasteiger partial charge is 0.504 e. The highest BCUT2D eigenvalue weighted by Gasteiger charge is 2.32. The fraction of sp³-hybridized carbons (Fsp3) is 0.0909. The molecule has 1 aliphatic rings. The van der Waals surface area contributed by atoms with Crippen LogP contribution in [0.1, 0.15) is 27.6 Å². The second-order valence-corrected chi connectivity index (χ2v) is 4.18. The monoisotopic (exact) mass is 251 g/mol. The van der Waals surface area contributed by atoms with Crippen molar-refractivity contribution < 1.29 is 19.8 Å². The van der Waals surface area contributed by atoms with Gasteiger partial charge in [0, 0.05) is 10.5 Å². The number of hydrogen-bond donors (Lipinski definition) is 4. The number of phenols is 2. The number of allylic oxidation sites excluding steroid dienone is 2. The molecule has 0 heterocycles. The molecule has 88 valence electrons. The minimum atomic E-state index is -0.683. The number of benzene rings is 1. The van der Waals surface area contributed by atoms with E-state index >= 15 is 0 Å². The first kappa shape index (κ1) is 11.5. The third kappa shape index (κ3) is 1.41. The number of ketones is 2. The van der Waals surface area contributed by atoms with Crippen LogP contribution >= 0.6 is 12.6 Å². The number of phenolic OH excluding ortho intramolecular Hbond substituents is 2. The summed E-state index contributed by atoms with van der Waals surface area (Å²) in [5, 5.41) is 19.2. The zero-order chi connectivity index (χ0) is 12.9. The summed E-state index contributed by atoms with van der Waals surface area (Å²) in [7, 11) is 0. The van der Waals surface area contributed by atoms with Crippen LogP contribution in [0.5, 0.6) is 11.5 Å². The molecule has 0 aliphatic heterocycles. The number of nitrogen functional groups attached to an aromatic ring is 1. The Hall–Kier alpha value is -1.95. The van der Waals surface area contributed by atoms with Crippen LogP contribution in [0, 0.1) is 0 Å². The van der Waals surface area contributed by atoms with E-state index in [1.807, 2.05) is 0 Å². The zero-order valence-corrected chi connectivity index (χ0v) is 9.71. The SMILES string of the molecule is CC1=CC(=O)c2c(O)c(O)c(N)c(S)c2C1=O. The smallest absolute Gasteiger partial charge is 0.190 e. The van der Waals surface area contributed by atoms with Gasteiger partial charge in [-0.3, -0.25) is 9.59 Å². The number of Topliss-reactive ketones (excluding diaryl/α,β-unsaturated/α-hetero) is 1. The number of rotatable bonds is 0. The van der Waals surface area contributed by atoms with Crippen LogP contribution in [-0.2, 0) is 0 Å². The quantitative estimate of drug-likeness (QED) is 0.316. The van der Waals surface area contributed by atoms with Crippen molar-refractivity contribution in [3.8, 4) is 11.5 Å². The first-order valence-corrected chi connectivity index (χ1v) is 5.14. The van der Waals surface area contributed by atoms with E-state index in [1.54, 1.807) is 0 Å². The average Bonchev–Trinajstić information content (AvgIpc) is 2.28. The summed E-state index contributed by atoms with van der Waals surface area (Å²) in [5.41, 5.74) is 5.19. The van der Waals surface area contributed by atoms with E-state index in [-0.39, 0.29) is 27.3 Å². The highest BCUT2D eigenvalue weighted by atomic mass is 32.1. The van der Waals surface area contributed by atoms with Crippen molar-refractivity contribution in [3.63, 3.8) is 0 Å². The summed E-state index contributed by atoms with van der Waals surface area (Å²) >= 11 is 4.01. The van der Waals surface area contributed by atoms with Gasteiger partial charge in [-0.1, -0.05) is 0 Å². The molecular weight excluding hydrogens is 242 g/mol. The minimum Gasteiger partial charge on any atom is -0.504 e. The Labute approximate surface area is 102 Å². The molecule has 0 saturated heterocycles. The molecule has 0 radical (unpaired) electrons. The maximum Gasteiger partial charge on any atom is 0.190 e. The van der Waals surface area contributed by atoms with Gasteiger partial charge < -0.3 is 15.9 Å². The maximum absolute atomic E-state index is 11.9. The van der Waals surface area contributed by atoms with Crippen LogP contribution in [0.25, 0.3) is 0 Å². The number of aromatic hydroxyl groups is 2. The number of carbonyl (C=O) groups is 2. The molecule has 0 aromatic heterocycles. The molecule has 0 spiro atoms. The Morgan fingerprint density at radius 2 is 1.76 bits per heavy atom. The minimum absolute atomic E-state index is 0.00102. The van der Waals surface area contributed by atoms with Gasteiger partial charge in [0.05, 0.1) is 16.8 Å². The topological polar surface area (TPSA) is 101 Å². The lowest BCUT2D eigenvalue weighted by Gasteiger charge is -2.18. The van der Waals surface area contributed by atoms with Crippen molar-refractivity contribution in [1.82, 2.24) is 0 Å². The van der Waals surface area contributed by atoms with E-state index in [1.165, 1.54) is 6.92 Å². The van der Waals surface area contributed by atoms with E-state index in [4.69, 9.17) is 5.73 Å². The third-order valence-corrected chi connectivity index (χ3v) is 3.10. The first-order valence-electron chi connectivity index (χ1n) is 4.70. The van der Waals surface area contributed by atoms with Crippen LogP contribution in [-0.4, -0.2) is 21.8 Å². The van der Waals surface area contributed by atoms with Crippen molar-refractivity contribution in [2.75, 3.05) is 5.73 Å². The molecule has 0 bridgehead atoms. The summed E-state index contributed by atoms with van der Waals surface area (Å²) in [6.07, 6.45) is 1.10. The summed E-state index contributed by atoms with van der Waals surface area (Å²) in [4.78, 5) is 23.6. The lowest BCUT2D eigenvalue weighted by atomic mass is 9.88. The lowest BCUT2D eigenvalue weighted by molar-refractivity contribution is 0.0979. The van der Waals surface area contributed by atoms with Gasteiger partial charge in [0.1, 0.15) is 0 Å². The Bertz CT molecular complexity index is 604. The van der Waals surface area contributed by atoms with E-state index in [0.29, 0.717) is 0 Å². The van der Waals surface area contributed by atoms with Crippen LogP contribution in [0.15, 0.2) is 16.5 Å². The first-order chi connectivity index (χ1) is 7.86. The van der Waals surface area contributed by atoms with Crippen molar-refractivity contribution in [2.45, 2.75) is 11.8 Å². The van der Waals surface area contributed by atoms with Crippen molar-refractivity contribution in [1.29, 1.82) is 0 Å². The van der Waals surface area contributed by atoms with Gasteiger partial charge in [-0.25, -0.2) is 0 Å². The van der Waals surface area contributed by atoms with Crippen LogP contribution in [0.2, 0.25) is 0 Å². The number of carbonyl (C=O) groups excluding carboxylic acids is 2. The number of hydrogen-bond acceptors (Lipinski definition) is 6. The molecule has 5 nitrogen and oxygen atoms in total. The fourth-order valence-corrected chi connectivity index (χ4v) is 2.04. The summed E-state index contributed by atoms with van der Waals surface area (Å²) in [6.45, 7) is 1.48. The molecule has 1 aromatic carbocycles. The molecule has 0 amide bonds. The van der Waals surface area contributed by atoms with Gasteiger partial charge >= 0.3 is 0 Å². The van der Waals surface area contributed by atoms with E-state index in [0.717, 1.165) is 6.08 Å². The van der Waals surface area contributed by atoms with E-state index in [2.05, 4.69) is 12.6 Å². The predicted molar refractivity (Wildman–Crippen MR) is 63.9 cm³/mol. The van der Waals surface area contributed by atoms with Gasteiger partial charge in [-0.15, -0.1) is 12.6 Å². The molecule has 17 heavy (non-hydrogen) atoms.